The molecule has 1 fully saturated rings. The van der Waals surface area contributed by atoms with Crippen molar-refractivity contribution in [2.75, 3.05) is 38.2 Å². The van der Waals surface area contributed by atoms with Gasteiger partial charge in [0.05, 0.1) is 7.11 Å². The van der Waals surface area contributed by atoms with E-state index in [9.17, 15) is 9.90 Å². The van der Waals surface area contributed by atoms with Gasteiger partial charge in [-0.3, -0.25) is 0 Å². The molecule has 1 N–H and O–H groups in total. The van der Waals surface area contributed by atoms with Gasteiger partial charge >= 0.3 is 6.09 Å². The molecule has 0 unspecified atom stereocenters. The Kier molecular flexibility index (Phi) is 7.06. The minimum Gasteiger partial charge on any atom is -0.508 e. The number of carbonyl (C=O) groups is 1. The number of aryl methyl sites for hydroxylation is 1. The zero-order chi connectivity index (χ0) is 26.9. The molecule has 198 valence electrons. The van der Waals surface area contributed by atoms with E-state index < -0.39 is 5.60 Å². The standard InChI is InChI=1S/C32H36N2O4/c1-32(2,3)38-31(36)34-18-16-33(17-19-34)24-11-14-28(29(21-24)37-4)30-26(22-8-6-5-7-9-22)13-10-23-20-25(35)12-15-27(23)30/h5-9,11-12,14-15,20-21,35H,10,13,16-19H2,1-4H3. The van der Waals surface area contributed by atoms with Crippen LogP contribution in [0.1, 0.15) is 49.4 Å². The molecule has 0 radical (unpaired) electrons. The Morgan fingerprint density at radius 2 is 1.58 bits per heavy atom. The van der Waals surface area contributed by atoms with E-state index >= 15 is 0 Å². The molecule has 0 bridgehead atoms. The Bertz CT molecular complexity index is 1350. The highest BCUT2D eigenvalue weighted by atomic mass is 16.6. The number of methoxy groups -OCH3 is 1. The second-order valence-corrected chi connectivity index (χ2v) is 10.9. The van der Waals surface area contributed by atoms with Crippen LogP contribution in [-0.2, 0) is 11.2 Å². The summed E-state index contributed by atoms with van der Waals surface area (Å²) in [5.41, 5.74) is 7.50. The Morgan fingerprint density at radius 3 is 2.26 bits per heavy atom. The molecule has 0 atom stereocenters. The number of anilines is 1. The van der Waals surface area contributed by atoms with E-state index in [-0.39, 0.29) is 6.09 Å². The number of nitrogens with zero attached hydrogens (tertiary/aromatic N) is 2. The summed E-state index contributed by atoms with van der Waals surface area (Å²) in [5, 5.41) is 10.1. The first-order chi connectivity index (χ1) is 18.2. The van der Waals surface area contributed by atoms with Crippen molar-refractivity contribution in [2.24, 2.45) is 0 Å². The van der Waals surface area contributed by atoms with E-state index in [2.05, 4.69) is 47.4 Å². The van der Waals surface area contributed by atoms with Crippen molar-refractivity contribution in [1.29, 1.82) is 0 Å². The van der Waals surface area contributed by atoms with Gasteiger partial charge in [-0.2, -0.15) is 0 Å². The largest absolute Gasteiger partial charge is 0.508 e. The molecule has 2 aliphatic rings. The van der Waals surface area contributed by atoms with Crippen LogP contribution in [0.2, 0.25) is 0 Å². The molecular weight excluding hydrogens is 476 g/mol. The molecule has 1 aliphatic carbocycles. The quantitative estimate of drug-likeness (QED) is 0.441. The lowest BCUT2D eigenvalue weighted by molar-refractivity contribution is 0.0240. The molecule has 5 rings (SSSR count). The van der Waals surface area contributed by atoms with Crippen LogP contribution in [0.4, 0.5) is 10.5 Å². The highest BCUT2D eigenvalue weighted by Crippen LogP contribution is 2.45. The maximum atomic E-state index is 12.5. The van der Waals surface area contributed by atoms with Gasteiger partial charge in [-0.1, -0.05) is 36.4 Å². The SMILES string of the molecule is COc1cc(N2CCN(C(=O)OC(C)(C)C)CC2)ccc1C1=C(c2ccccc2)CCc2cc(O)ccc21. The molecule has 0 aromatic heterocycles. The summed E-state index contributed by atoms with van der Waals surface area (Å²) in [6.07, 6.45) is 1.50. The Morgan fingerprint density at radius 1 is 0.868 bits per heavy atom. The number of ether oxygens (including phenoxy) is 2. The number of carbonyl (C=O) groups excluding carboxylic acids is 1. The smallest absolute Gasteiger partial charge is 0.410 e. The van der Waals surface area contributed by atoms with E-state index in [1.807, 2.05) is 39.0 Å². The third-order valence-corrected chi connectivity index (χ3v) is 7.18. The van der Waals surface area contributed by atoms with Crippen LogP contribution in [0.5, 0.6) is 11.5 Å². The lowest BCUT2D eigenvalue weighted by Gasteiger charge is -2.37. The Hall–Kier alpha value is -3.93. The number of phenols is 1. The summed E-state index contributed by atoms with van der Waals surface area (Å²) in [7, 11) is 1.71. The lowest BCUT2D eigenvalue weighted by atomic mass is 9.79. The van der Waals surface area contributed by atoms with Crippen LogP contribution in [0, 0.1) is 0 Å². The van der Waals surface area contributed by atoms with E-state index in [0.29, 0.717) is 18.8 Å². The summed E-state index contributed by atoms with van der Waals surface area (Å²) in [6.45, 7) is 8.34. The van der Waals surface area contributed by atoms with Crippen molar-refractivity contribution in [2.45, 2.75) is 39.2 Å². The molecule has 1 heterocycles. The average molecular weight is 513 g/mol. The number of phenolic OH excluding ortho intramolecular Hbond substituents is 1. The van der Waals surface area contributed by atoms with Crippen LogP contribution in [0.25, 0.3) is 11.1 Å². The summed E-state index contributed by atoms with van der Waals surface area (Å²) < 4.78 is 11.5. The molecule has 1 saturated heterocycles. The third kappa shape index (κ3) is 5.35. The molecular formula is C32H36N2O4. The number of hydrogen-bond acceptors (Lipinski definition) is 5. The monoisotopic (exact) mass is 512 g/mol. The van der Waals surface area contributed by atoms with Crippen LogP contribution in [0.15, 0.2) is 66.7 Å². The zero-order valence-electron chi connectivity index (χ0n) is 22.7. The second-order valence-electron chi connectivity index (χ2n) is 10.9. The van der Waals surface area contributed by atoms with Gasteiger partial charge in [0.25, 0.3) is 0 Å². The van der Waals surface area contributed by atoms with Crippen molar-refractivity contribution in [1.82, 2.24) is 4.90 Å². The predicted octanol–water partition coefficient (Wildman–Crippen LogP) is 6.36. The minimum absolute atomic E-state index is 0.257. The van der Waals surface area contributed by atoms with E-state index in [4.69, 9.17) is 9.47 Å². The van der Waals surface area contributed by atoms with Gasteiger partial charge < -0.3 is 24.4 Å². The lowest BCUT2D eigenvalue weighted by Crippen LogP contribution is -2.50. The highest BCUT2D eigenvalue weighted by molar-refractivity contribution is 6.02. The van der Waals surface area contributed by atoms with Gasteiger partial charge in [0.1, 0.15) is 17.1 Å². The Balaban J connectivity index is 1.47. The maximum absolute atomic E-state index is 12.5. The number of amides is 1. The summed E-state index contributed by atoms with van der Waals surface area (Å²) in [5.74, 6) is 1.10. The fourth-order valence-electron chi connectivity index (χ4n) is 5.37. The molecule has 3 aromatic rings. The molecule has 6 nitrogen and oxygen atoms in total. The van der Waals surface area contributed by atoms with Crippen molar-refractivity contribution in [3.8, 4) is 11.5 Å². The first kappa shape index (κ1) is 25.7. The van der Waals surface area contributed by atoms with Crippen LogP contribution >= 0.6 is 0 Å². The molecule has 3 aromatic carbocycles. The van der Waals surface area contributed by atoms with Gasteiger partial charge in [-0.15, -0.1) is 0 Å². The minimum atomic E-state index is -0.499. The average Bonchev–Trinajstić information content (AvgIpc) is 2.91. The number of aromatic hydroxyl groups is 1. The fourth-order valence-corrected chi connectivity index (χ4v) is 5.37. The molecule has 1 amide bonds. The van der Waals surface area contributed by atoms with E-state index in [1.54, 1.807) is 18.1 Å². The summed E-state index contributed by atoms with van der Waals surface area (Å²) in [4.78, 5) is 16.6. The normalized spacial score (nSPS) is 15.8. The fraction of sp³-hybridized carbons (Fsp3) is 0.344. The van der Waals surface area contributed by atoms with Gasteiger partial charge in [0, 0.05) is 43.5 Å². The number of rotatable bonds is 4. The van der Waals surface area contributed by atoms with Crippen LogP contribution < -0.4 is 9.64 Å². The summed E-state index contributed by atoms with van der Waals surface area (Å²) >= 11 is 0. The Labute approximate surface area is 225 Å². The van der Waals surface area contributed by atoms with E-state index in [0.717, 1.165) is 59.6 Å². The van der Waals surface area contributed by atoms with Crippen molar-refractivity contribution < 1.29 is 19.4 Å². The molecule has 38 heavy (non-hydrogen) atoms. The molecule has 0 spiro atoms. The maximum Gasteiger partial charge on any atom is 0.410 e. The number of fused-ring (bicyclic) bond motifs is 1. The van der Waals surface area contributed by atoms with Crippen molar-refractivity contribution in [3.05, 3.63) is 89.0 Å². The number of benzene rings is 3. The zero-order valence-corrected chi connectivity index (χ0v) is 22.7. The van der Waals surface area contributed by atoms with Gasteiger partial charge in [-0.05, 0) is 85.7 Å². The first-order valence-electron chi connectivity index (χ1n) is 13.3. The van der Waals surface area contributed by atoms with Crippen LogP contribution in [0.3, 0.4) is 0 Å². The van der Waals surface area contributed by atoms with Gasteiger partial charge in [-0.25, -0.2) is 4.79 Å². The van der Waals surface area contributed by atoms with Crippen molar-refractivity contribution in [3.63, 3.8) is 0 Å². The van der Waals surface area contributed by atoms with Gasteiger partial charge in [0.2, 0.25) is 0 Å². The van der Waals surface area contributed by atoms with E-state index in [1.165, 1.54) is 11.1 Å². The molecule has 1 aliphatic heterocycles. The topological polar surface area (TPSA) is 62.2 Å². The predicted molar refractivity (Wildman–Crippen MR) is 152 cm³/mol. The van der Waals surface area contributed by atoms with Gasteiger partial charge in [0.15, 0.2) is 0 Å². The molecule has 6 heteroatoms. The summed E-state index contributed by atoms with van der Waals surface area (Å²) in [6, 6.07) is 22.6. The number of piperazine rings is 1. The van der Waals surface area contributed by atoms with Crippen molar-refractivity contribution >= 4 is 22.9 Å². The highest BCUT2D eigenvalue weighted by Gasteiger charge is 2.28. The third-order valence-electron chi connectivity index (χ3n) is 7.18. The number of hydrogen-bond donors (Lipinski definition) is 1. The number of allylic oxidation sites excluding steroid dienone is 1. The first-order valence-corrected chi connectivity index (χ1v) is 13.3. The molecule has 0 saturated carbocycles. The van der Waals surface area contributed by atoms with Crippen LogP contribution in [-0.4, -0.2) is 55.0 Å². The second kappa shape index (κ2) is 10.4.